The Balaban J connectivity index is 2.70. The quantitative estimate of drug-likeness (QED) is 0.809. The van der Waals surface area contributed by atoms with Crippen molar-refractivity contribution in [3.05, 3.63) is 34.0 Å². The zero-order valence-electron chi connectivity index (χ0n) is 7.55. The van der Waals surface area contributed by atoms with Crippen LogP contribution in [0.25, 0.3) is 11.0 Å². The third-order valence-corrected chi connectivity index (χ3v) is 2.50. The second-order valence-corrected chi connectivity index (χ2v) is 4.09. The maximum atomic E-state index is 5.96. The molecule has 2 N–H and O–H groups in total. The van der Waals surface area contributed by atoms with Crippen molar-refractivity contribution in [1.29, 1.82) is 0 Å². The molecule has 0 spiro atoms. The summed E-state index contributed by atoms with van der Waals surface area (Å²) in [4.78, 5) is 0. The molecule has 0 aliphatic heterocycles. The molecule has 1 unspecified atom stereocenters. The molecule has 2 aromatic rings. The highest BCUT2D eigenvalue weighted by atomic mass is 35.5. The first-order valence-electron chi connectivity index (χ1n) is 4.22. The van der Waals surface area contributed by atoms with Crippen molar-refractivity contribution < 1.29 is 4.42 Å². The Hall–Kier alpha value is -0.700. The van der Waals surface area contributed by atoms with E-state index < -0.39 is 0 Å². The van der Waals surface area contributed by atoms with Crippen LogP contribution in [-0.2, 0) is 0 Å². The van der Waals surface area contributed by atoms with Crippen LogP contribution in [0.15, 0.2) is 22.6 Å². The number of furan rings is 1. The van der Waals surface area contributed by atoms with Gasteiger partial charge in [-0.15, -0.1) is 0 Å². The highest BCUT2D eigenvalue weighted by Gasteiger charge is 2.10. The summed E-state index contributed by atoms with van der Waals surface area (Å²) in [5, 5.41) is 1.99. The predicted octanol–water partition coefficient (Wildman–Crippen LogP) is 3.76. The van der Waals surface area contributed by atoms with Crippen molar-refractivity contribution in [2.75, 3.05) is 0 Å². The summed E-state index contributed by atoms with van der Waals surface area (Å²) in [7, 11) is 0. The van der Waals surface area contributed by atoms with Gasteiger partial charge in [-0.25, -0.2) is 0 Å². The maximum absolute atomic E-state index is 5.96. The van der Waals surface area contributed by atoms with Crippen molar-refractivity contribution in [2.24, 2.45) is 5.73 Å². The van der Waals surface area contributed by atoms with E-state index in [4.69, 9.17) is 33.4 Å². The molecule has 2 nitrogen and oxygen atoms in total. The molecule has 0 amide bonds. The zero-order chi connectivity index (χ0) is 10.3. The summed E-state index contributed by atoms with van der Waals surface area (Å²) in [5.41, 5.74) is 6.34. The van der Waals surface area contributed by atoms with Crippen LogP contribution in [0.4, 0.5) is 0 Å². The molecular weight excluding hydrogens is 221 g/mol. The van der Waals surface area contributed by atoms with Gasteiger partial charge in [-0.1, -0.05) is 23.2 Å². The molecule has 14 heavy (non-hydrogen) atoms. The second-order valence-electron chi connectivity index (χ2n) is 3.24. The standard InChI is InChI=1S/C10H9Cl2NO/c1-5(13)9-3-6-2-7(11)4-8(12)10(6)14-9/h2-5H,13H2,1H3. The maximum Gasteiger partial charge on any atom is 0.153 e. The van der Waals surface area contributed by atoms with Gasteiger partial charge in [-0.05, 0) is 25.1 Å². The normalized spacial score (nSPS) is 13.4. The molecule has 1 aromatic heterocycles. The summed E-state index contributed by atoms with van der Waals surface area (Å²) in [5.74, 6) is 0.712. The predicted molar refractivity (Wildman–Crippen MR) is 58.8 cm³/mol. The average Bonchev–Trinajstić information content (AvgIpc) is 2.47. The van der Waals surface area contributed by atoms with E-state index in [1.807, 2.05) is 13.0 Å². The monoisotopic (exact) mass is 229 g/mol. The van der Waals surface area contributed by atoms with Gasteiger partial charge in [0.2, 0.25) is 0 Å². The molecular formula is C10H9Cl2NO. The number of hydrogen-bond donors (Lipinski definition) is 1. The Morgan fingerprint density at radius 3 is 2.64 bits per heavy atom. The molecule has 0 fully saturated rings. The van der Waals surface area contributed by atoms with E-state index >= 15 is 0 Å². The van der Waals surface area contributed by atoms with Crippen LogP contribution < -0.4 is 5.73 Å². The number of fused-ring (bicyclic) bond motifs is 1. The number of nitrogens with two attached hydrogens (primary N) is 1. The fourth-order valence-electron chi connectivity index (χ4n) is 1.32. The van der Waals surface area contributed by atoms with Gasteiger partial charge in [0.1, 0.15) is 5.76 Å². The summed E-state index contributed by atoms with van der Waals surface area (Å²) in [6.07, 6.45) is 0. The SMILES string of the molecule is CC(N)c1cc2cc(Cl)cc(Cl)c2o1. The minimum absolute atomic E-state index is 0.141. The van der Waals surface area contributed by atoms with E-state index in [9.17, 15) is 0 Å². The Morgan fingerprint density at radius 2 is 2.00 bits per heavy atom. The van der Waals surface area contributed by atoms with Gasteiger partial charge in [0.05, 0.1) is 11.1 Å². The van der Waals surface area contributed by atoms with Gasteiger partial charge in [-0.2, -0.15) is 0 Å². The molecule has 0 radical (unpaired) electrons. The molecule has 0 saturated heterocycles. The smallest absolute Gasteiger partial charge is 0.153 e. The number of benzene rings is 1. The Bertz CT molecular complexity index is 476. The lowest BCUT2D eigenvalue weighted by atomic mass is 10.2. The summed E-state index contributed by atoms with van der Waals surface area (Å²) >= 11 is 11.8. The Labute approximate surface area is 91.6 Å². The van der Waals surface area contributed by atoms with Crippen molar-refractivity contribution >= 4 is 34.2 Å². The Morgan fingerprint density at radius 1 is 1.29 bits per heavy atom. The number of rotatable bonds is 1. The van der Waals surface area contributed by atoms with Crippen molar-refractivity contribution in [1.82, 2.24) is 0 Å². The van der Waals surface area contributed by atoms with E-state index in [1.165, 1.54) is 0 Å². The van der Waals surface area contributed by atoms with Gasteiger partial charge >= 0.3 is 0 Å². The first-order valence-corrected chi connectivity index (χ1v) is 4.97. The van der Waals surface area contributed by atoms with Crippen molar-refractivity contribution in [3.8, 4) is 0 Å². The largest absolute Gasteiger partial charge is 0.458 e. The van der Waals surface area contributed by atoms with E-state index in [0.717, 1.165) is 5.39 Å². The zero-order valence-corrected chi connectivity index (χ0v) is 9.06. The van der Waals surface area contributed by atoms with E-state index in [1.54, 1.807) is 12.1 Å². The topological polar surface area (TPSA) is 39.2 Å². The fourth-order valence-corrected chi connectivity index (χ4v) is 1.87. The van der Waals surface area contributed by atoms with E-state index in [-0.39, 0.29) is 6.04 Å². The highest BCUT2D eigenvalue weighted by molar-refractivity contribution is 6.38. The summed E-state index contributed by atoms with van der Waals surface area (Å²) < 4.78 is 5.50. The van der Waals surface area contributed by atoms with Crippen LogP contribution in [0.5, 0.6) is 0 Å². The Kier molecular flexibility index (Phi) is 2.43. The molecule has 0 bridgehead atoms. The van der Waals surface area contributed by atoms with Gasteiger partial charge in [0, 0.05) is 10.4 Å². The fraction of sp³-hybridized carbons (Fsp3) is 0.200. The second kappa shape index (κ2) is 3.46. The van der Waals surface area contributed by atoms with Crippen LogP contribution in [0, 0.1) is 0 Å². The van der Waals surface area contributed by atoms with E-state index in [2.05, 4.69) is 0 Å². The van der Waals surface area contributed by atoms with Crippen molar-refractivity contribution in [3.63, 3.8) is 0 Å². The number of halogens is 2. The average molecular weight is 230 g/mol. The molecule has 2 rings (SSSR count). The molecule has 1 aromatic carbocycles. The minimum atomic E-state index is -0.141. The molecule has 1 heterocycles. The van der Waals surface area contributed by atoms with Crippen LogP contribution in [0.1, 0.15) is 18.7 Å². The third kappa shape index (κ3) is 1.61. The first-order chi connectivity index (χ1) is 6.58. The van der Waals surface area contributed by atoms with Gasteiger partial charge in [0.25, 0.3) is 0 Å². The van der Waals surface area contributed by atoms with Crippen LogP contribution in [-0.4, -0.2) is 0 Å². The molecule has 74 valence electrons. The lowest BCUT2D eigenvalue weighted by Crippen LogP contribution is -2.02. The summed E-state index contributed by atoms with van der Waals surface area (Å²) in [6.45, 7) is 1.85. The molecule has 4 heteroatoms. The van der Waals surface area contributed by atoms with Gasteiger partial charge in [0.15, 0.2) is 5.58 Å². The van der Waals surface area contributed by atoms with E-state index in [0.29, 0.717) is 21.4 Å². The van der Waals surface area contributed by atoms with Crippen LogP contribution >= 0.6 is 23.2 Å². The van der Waals surface area contributed by atoms with Crippen molar-refractivity contribution in [2.45, 2.75) is 13.0 Å². The molecule has 0 saturated carbocycles. The lowest BCUT2D eigenvalue weighted by molar-refractivity contribution is 0.513. The number of hydrogen-bond acceptors (Lipinski definition) is 2. The summed E-state index contributed by atoms with van der Waals surface area (Å²) in [6, 6.07) is 5.17. The molecule has 0 aliphatic rings. The highest BCUT2D eigenvalue weighted by Crippen LogP contribution is 2.31. The lowest BCUT2D eigenvalue weighted by Gasteiger charge is -1.97. The molecule has 0 aliphatic carbocycles. The van der Waals surface area contributed by atoms with Crippen LogP contribution in [0.3, 0.4) is 0 Å². The minimum Gasteiger partial charge on any atom is -0.458 e. The molecule has 1 atom stereocenters. The van der Waals surface area contributed by atoms with Gasteiger partial charge < -0.3 is 10.2 Å². The van der Waals surface area contributed by atoms with Crippen LogP contribution in [0.2, 0.25) is 10.0 Å². The third-order valence-electron chi connectivity index (χ3n) is 2.00. The van der Waals surface area contributed by atoms with Gasteiger partial charge in [-0.3, -0.25) is 0 Å². The first kappa shape index (κ1) is 9.84.